The van der Waals surface area contributed by atoms with Crippen LogP contribution in [0, 0.1) is 6.92 Å². The lowest BCUT2D eigenvalue weighted by Gasteiger charge is -2.48. The third-order valence-corrected chi connectivity index (χ3v) is 5.65. The number of para-hydroxylation sites is 2. The summed E-state index contributed by atoms with van der Waals surface area (Å²) in [6, 6.07) is 12.6. The molecule has 2 aromatic rings. The Morgan fingerprint density at radius 2 is 2.00 bits per heavy atom. The minimum absolute atomic E-state index is 0.196. The van der Waals surface area contributed by atoms with Crippen LogP contribution in [0.15, 0.2) is 41.4 Å². The second-order valence-electron chi connectivity index (χ2n) is 8.27. The van der Waals surface area contributed by atoms with Gasteiger partial charge in [0.1, 0.15) is 11.4 Å². The van der Waals surface area contributed by atoms with Crippen molar-refractivity contribution in [3.63, 3.8) is 0 Å². The molecule has 0 N–H and O–H groups in total. The highest BCUT2D eigenvalue weighted by Gasteiger charge is 2.36. The van der Waals surface area contributed by atoms with Gasteiger partial charge in [-0.25, -0.2) is 0 Å². The molecule has 1 aliphatic heterocycles. The molecule has 3 rings (SSSR count). The molecule has 0 saturated carbocycles. The lowest BCUT2D eigenvalue weighted by Crippen LogP contribution is -2.48. The summed E-state index contributed by atoms with van der Waals surface area (Å²) < 4.78 is 5.42. The minimum Gasteiger partial charge on any atom is -0.494 e. The standard InChI is InChI=1S/C24H32N2O/c1-7-12-26-22-13-17(2)19(14-20(22)18(3)15-24(26,4)5)16-25-21-10-8-9-11-23(21)27-6/h8-11,13-14,16,18H,7,12,15H2,1-6H3. The Morgan fingerprint density at radius 1 is 1.26 bits per heavy atom. The summed E-state index contributed by atoms with van der Waals surface area (Å²) in [6.45, 7) is 12.6. The molecule has 3 heteroatoms. The molecule has 0 fully saturated rings. The Hall–Kier alpha value is -2.29. The molecule has 1 atom stereocenters. The van der Waals surface area contributed by atoms with Gasteiger partial charge in [-0.3, -0.25) is 4.99 Å². The molecule has 1 unspecified atom stereocenters. The van der Waals surface area contributed by atoms with Crippen molar-refractivity contribution in [2.45, 2.75) is 58.9 Å². The molecule has 0 bridgehead atoms. The molecule has 3 nitrogen and oxygen atoms in total. The maximum absolute atomic E-state index is 5.42. The SMILES string of the molecule is CCCN1c2cc(C)c(C=Nc3ccccc3OC)cc2C(C)CC1(C)C. The summed E-state index contributed by atoms with van der Waals surface area (Å²) in [5, 5.41) is 0. The first-order valence-corrected chi connectivity index (χ1v) is 9.96. The quantitative estimate of drug-likeness (QED) is 0.585. The van der Waals surface area contributed by atoms with Crippen molar-refractivity contribution >= 4 is 17.6 Å². The van der Waals surface area contributed by atoms with Gasteiger partial charge in [0.05, 0.1) is 7.11 Å². The van der Waals surface area contributed by atoms with Gasteiger partial charge in [-0.1, -0.05) is 26.0 Å². The molecule has 1 aliphatic rings. The fraction of sp³-hybridized carbons (Fsp3) is 0.458. The number of fused-ring (bicyclic) bond motifs is 1. The smallest absolute Gasteiger partial charge is 0.144 e. The highest BCUT2D eigenvalue weighted by Crippen LogP contribution is 2.44. The van der Waals surface area contributed by atoms with Crippen molar-refractivity contribution in [1.29, 1.82) is 0 Å². The summed E-state index contributed by atoms with van der Waals surface area (Å²) in [4.78, 5) is 7.30. The van der Waals surface area contributed by atoms with Crippen molar-refractivity contribution in [1.82, 2.24) is 0 Å². The number of aliphatic imine (C=N–C) groups is 1. The maximum Gasteiger partial charge on any atom is 0.144 e. The molecule has 0 saturated heterocycles. The Balaban J connectivity index is 2.01. The van der Waals surface area contributed by atoms with Crippen molar-refractivity contribution in [2.75, 3.05) is 18.6 Å². The molecule has 0 amide bonds. The van der Waals surface area contributed by atoms with Gasteiger partial charge >= 0.3 is 0 Å². The highest BCUT2D eigenvalue weighted by atomic mass is 16.5. The Kier molecular flexibility index (Phi) is 5.59. The summed E-state index contributed by atoms with van der Waals surface area (Å²) >= 11 is 0. The largest absolute Gasteiger partial charge is 0.494 e. The maximum atomic E-state index is 5.42. The van der Waals surface area contributed by atoms with Gasteiger partial charge in [0.25, 0.3) is 0 Å². The molecule has 0 radical (unpaired) electrons. The zero-order valence-corrected chi connectivity index (χ0v) is 17.5. The number of rotatable bonds is 5. The van der Waals surface area contributed by atoms with Crippen LogP contribution in [0.2, 0.25) is 0 Å². The van der Waals surface area contributed by atoms with Crippen LogP contribution in [0.3, 0.4) is 0 Å². The Morgan fingerprint density at radius 3 is 2.70 bits per heavy atom. The highest BCUT2D eigenvalue weighted by molar-refractivity contribution is 5.86. The fourth-order valence-corrected chi connectivity index (χ4v) is 4.31. The van der Waals surface area contributed by atoms with Crippen molar-refractivity contribution in [2.24, 2.45) is 4.99 Å². The van der Waals surface area contributed by atoms with E-state index in [-0.39, 0.29) is 5.54 Å². The molecule has 0 spiro atoms. The summed E-state index contributed by atoms with van der Waals surface area (Å²) in [5.74, 6) is 1.34. The monoisotopic (exact) mass is 364 g/mol. The van der Waals surface area contributed by atoms with Gasteiger partial charge in [0.15, 0.2) is 0 Å². The van der Waals surface area contributed by atoms with E-state index in [0.29, 0.717) is 5.92 Å². The molecular formula is C24H32N2O. The van der Waals surface area contributed by atoms with Crippen molar-refractivity contribution in [3.05, 3.63) is 53.1 Å². The van der Waals surface area contributed by atoms with Crippen LogP contribution >= 0.6 is 0 Å². The number of nitrogens with zero attached hydrogens (tertiary/aromatic N) is 2. The molecule has 144 valence electrons. The molecule has 1 heterocycles. The molecular weight excluding hydrogens is 332 g/mol. The number of aryl methyl sites for hydroxylation is 1. The third kappa shape index (κ3) is 3.87. The molecule has 0 aliphatic carbocycles. The average Bonchev–Trinajstić information content (AvgIpc) is 2.63. The van der Waals surface area contributed by atoms with Crippen LogP contribution in [-0.2, 0) is 0 Å². The Labute approximate surface area is 164 Å². The van der Waals surface area contributed by atoms with Crippen LogP contribution in [-0.4, -0.2) is 25.4 Å². The van der Waals surface area contributed by atoms with E-state index in [9.17, 15) is 0 Å². The Bertz CT molecular complexity index is 838. The first-order chi connectivity index (χ1) is 12.9. The van der Waals surface area contributed by atoms with Gasteiger partial charge in [-0.2, -0.15) is 0 Å². The van der Waals surface area contributed by atoms with E-state index < -0.39 is 0 Å². The molecule has 27 heavy (non-hydrogen) atoms. The van der Waals surface area contributed by atoms with Gasteiger partial charge in [0, 0.05) is 24.0 Å². The van der Waals surface area contributed by atoms with Gasteiger partial charge < -0.3 is 9.64 Å². The predicted molar refractivity (Wildman–Crippen MR) is 116 cm³/mol. The van der Waals surface area contributed by atoms with Gasteiger partial charge in [-0.05, 0) is 80.5 Å². The normalized spacial score (nSPS) is 18.6. The zero-order valence-electron chi connectivity index (χ0n) is 17.5. The van der Waals surface area contributed by atoms with E-state index in [0.717, 1.165) is 24.4 Å². The van der Waals surface area contributed by atoms with E-state index in [1.807, 2.05) is 30.5 Å². The minimum atomic E-state index is 0.196. The number of benzene rings is 2. The van der Waals surface area contributed by atoms with Crippen molar-refractivity contribution < 1.29 is 4.74 Å². The summed E-state index contributed by atoms with van der Waals surface area (Å²) in [6.07, 6.45) is 4.31. The molecule has 0 aromatic heterocycles. The second-order valence-corrected chi connectivity index (χ2v) is 8.27. The number of hydrogen-bond donors (Lipinski definition) is 0. The van der Waals surface area contributed by atoms with Crippen LogP contribution < -0.4 is 9.64 Å². The van der Waals surface area contributed by atoms with Crippen LogP contribution in [0.25, 0.3) is 0 Å². The van der Waals surface area contributed by atoms with E-state index in [4.69, 9.17) is 9.73 Å². The summed E-state index contributed by atoms with van der Waals surface area (Å²) in [7, 11) is 1.68. The van der Waals surface area contributed by atoms with E-state index in [1.54, 1.807) is 7.11 Å². The van der Waals surface area contributed by atoms with Crippen LogP contribution in [0.5, 0.6) is 5.75 Å². The second kappa shape index (κ2) is 7.75. The number of anilines is 1. The average molecular weight is 365 g/mol. The number of methoxy groups -OCH3 is 1. The first-order valence-electron chi connectivity index (χ1n) is 9.96. The van der Waals surface area contributed by atoms with Gasteiger partial charge in [-0.15, -0.1) is 0 Å². The van der Waals surface area contributed by atoms with Crippen LogP contribution in [0.4, 0.5) is 11.4 Å². The molecule has 2 aromatic carbocycles. The van der Waals surface area contributed by atoms with E-state index in [2.05, 4.69) is 51.7 Å². The van der Waals surface area contributed by atoms with Gasteiger partial charge in [0.2, 0.25) is 0 Å². The third-order valence-electron chi connectivity index (χ3n) is 5.65. The first kappa shape index (κ1) is 19.5. The number of hydrogen-bond acceptors (Lipinski definition) is 3. The van der Waals surface area contributed by atoms with Crippen molar-refractivity contribution in [3.8, 4) is 5.75 Å². The predicted octanol–water partition coefficient (Wildman–Crippen LogP) is 6.26. The lowest BCUT2D eigenvalue weighted by atomic mass is 9.79. The topological polar surface area (TPSA) is 24.8 Å². The lowest BCUT2D eigenvalue weighted by molar-refractivity contribution is 0.376. The summed E-state index contributed by atoms with van der Waals surface area (Å²) in [5.41, 5.74) is 6.34. The zero-order chi connectivity index (χ0) is 19.6. The number of ether oxygens (including phenoxy) is 1. The van der Waals surface area contributed by atoms with Crippen LogP contribution in [0.1, 0.15) is 63.1 Å². The van der Waals surface area contributed by atoms with E-state index >= 15 is 0 Å². The van der Waals surface area contributed by atoms with E-state index in [1.165, 1.54) is 28.8 Å². The fourth-order valence-electron chi connectivity index (χ4n) is 4.31.